The van der Waals surface area contributed by atoms with Crippen LogP contribution in [0.15, 0.2) is 54.1 Å². The van der Waals surface area contributed by atoms with Gasteiger partial charge in [0.25, 0.3) is 0 Å². The highest BCUT2D eigenvalue weighted by Crippen LogP contribution is 2.11. The van der Waals surface area contributed by atoms with Gasteiger partial charge in [0.15, 0.2) is 0 Å². The summed E-state index contributed by atoms with van der Waals surface area (Å²) < 4.78 is 0. The fourth-order valence-corrected chi connectivity index (χ4v) is 4.12. The van der Waals surface area contributed by atoms with Gasteiger partial charge >= 0.3 is 0 Å². The van der Waals surface area contributed by atoms with Crippen LogP contribution in [0.25, 0.3) is 0 Å². The van der Waals surface area contributed by atoms with Crippen molar-refractivity contribution >= 4 is 13.3 Å². The lowest BCUT2D eigenvalue weighted by Gasteiger charge is -2.20. The van der Waals surface area contributed by atoms with E-state index >= 15 is 0 Å². The minimum Gasteiger partial charge on any atom is -0.0869 e. The van der Waals surface area contributed by atoms with Crippen LogP contribution >= 0.6 is 0 Å². The highest BCUT2D eigenvalue weighted by molar-refractivity contribution is 6.90. The van der Waals surface area contributed by atoms with E-state index in [2.05, 4.69) is 75.5 Å². The van der Waals surface area contributed by atoms with E-state index in [4.69, 9.17) is 0 Å². The van der Waals surface area contributed by atoms with Gasteiger partial charge in [0.2, 0.25) is 0 Å². The molecule has 0 aliphatic carbocycles. The lowest BCUT2D eigenvalue weighted by atomic mass is 10.1. The van der Waals surface area contributed by atoms with Crippen molar-refractivity contribution in [1.29, 1.82) is 0 Å². The Morgan fingerprint density at radius 3 is 2.22 bits per heavy atom. The van der Waals surface area contributed by atoms with Crippen molar-refractivity contribution in [3.63, 3.8) is 0 Å². The van der Waals surface area contributed by atoms with Gasteiger partial charge in [-0.15, -0.1) is 0 Å². The van der Waals surface area contributed by atoms with Gasteiger partial charge in [-0.1, -0.05) is 86.3 Å². The van der Waals surface area contributed by atoms with Crippen molar-refractivity contribution in [2.24, 2.45) is 0 Å². The fraction of sp³-hybridized carbons (Fsp3) is 0.412. The van der Waals surface area contributed by atoms with E-state index in [1.54, 1.807) is 5.19 Å². The van der Waals surface area contributed by atoms with Gasteiger partial charge in [0.05, 0.1) is 8.07 Å². The van der Waals surface area contributed by atoms with Crippen LogP contribution in [0.5, 0.6) is 0 Å². The van der Waals surface area contributed by atoms with Crippen molar-refractivity contribution in [1.82, 2.24) is 0 Å². The number of hydrogen-bond donors (Lipinski definition) is 0. The summed E-state index contributed by atoms with van der Waals surface area (Å²) in [6.45, 7) is 9.34. The van der Waals surface area contributed by atoms with Crippen LogP contribution in [-0.4, -0.2) is 8.07 Å². The third kappa shape index (κ3) is 4.65. The molecular weight excluding hydrogens is 232 g/mol. The van der Waals surface area contributed by atoms with Crippen LogP contribution in [0.3, 0.4) is 0 Å². The molecule has 1 rings (SSSR count). The van der Waals surface area contributed by atoms with Gasteiger partial charge in [-0.2, -0.15) is 0 Å². The molecule has 0 nitrogen and oxygen atoms in total. The summed E-state index contributed by atoms with van der Waals surface area (Å²) >= 11 is 0. The van der Waals surface area contributed by atoms with Crippen molar-refractivity contribution in [2.45, 2.75) is 45.8 Å². The Morgan fingerprint density at radius 2 is 1.67 bits per heavy atom. The smallest absolute Gasteiger partial charge is 0.0843 e. The molecular formula is C17H26Si. The summed E-state index contributed by atoms with van der Waals surface area (Å²) in [6, 6.07) is 12.2. The zero-order valence-electron chi connectivity index (χ0n) is 12.2. The summed E-state index contributed by atoms with van der Waals surface area (Å²) in [6.07, 6.45) is 9.22. The molecule has 0 unspecified atom stereocenters. The molecule has 1 aromatic rings. The highest BCUT2D eigenvalue weighted by atomic mass is 28.3. The molecule has 1 heteroatoms. The van der Waals surface area contributed by atoms with Crippen LogP contribution in [0, 0.1) is 0 Å². The molecule has 1 aromatic carbocycles. The average Bonchev–Trinajstić information content (AvgIpc) is 2.40. The molecule has 0 aliphatic rings. The second-order valence-electron chi connectivity index (χ2n) is 5.41. The van der Waals surface area contributed by atoms with E-state index in [0.717, 1.165) is 0 Å². The molecule has 0 bridgehead atoms. The van der Waals surface area contributed by atoms with Crippen molar-refractivity contribution < 1.29 is 0 Å². The molecule has 0 spiro atoms. The number of rotatable bonds is 6. The SMILES string of the molecule is CCC(=C/C=C/C[Si](C)(C)c1ccccc1)CC. The van der Waals surface area contributed by atoms with Gasteiger partial charge in [0, 0.05) is 0 Å². The van der Waals surface area contributed by atoms with E-state index in [1.807, 2.05) is 0 Å². The third-order valence-corrected chi connectivity index (χ3v) is 6.71. The Hall–Kier alpha value is -1.08. The van der Waals surface area contributed by atoms with Gasteiger partial charge in [0.1, 0.15) is 0 Å². The van der Waals surface area contributed by atoms with E-state index in [0.29, 0.717) is 0 Å². The van der Waals surface area contributed by atoms with E-state index in [1.165, 1.54) is 24.5 Å². The van der Waals surface area contributed by atoms with E-state index < -0.39 is 8.07 Å². The largest absolute Gasteiger partial charge is 0.0869 e. The number of allylic oxidation sites excluding steroid dienone is 4. The van der Waals surface area contributed by atoms with Gasteiger partial charge in [-0.3, -0.25) is 0 Å². The first kappa shape index (κ1) is 15.0. The second kappa shape index (κ2) is 7.37. The van der Waals surface area contributed by atoms with Crippen LogP contribution in [0.4, 0.5) is 0 Å². The maximum Gasteiger partial charge on any atom is 0.0843 e. The number of hydrogen-bond acceptors (Lipinski definition) is 0. The highest BCUT2D eigenvalue weighted by Gasteiger charge is 2.20. The predicted octanol–water partition coefficient (Wildman–Crippen LogP) is 4.90. The summed E-state index contributed by atoms with van der Waals surface area (Å²) in [7, 11) is -1.29. The second-order valence-corrected chi connectivity index (χ2v) is 10.2. The predicted molar refractivity (Wildman–Crippen MR) is 86.2 cm³/mol. The van der Waals surface area contributed by atoms with Crippen molar-refractivity contribution in [2.75, 3.05) is 0 Å². The Morgan fingerprint density at radius 1 is 1.06 bits per heavy atom. The molecule has 98 valence electrons. The standard InChI is InChI=1S/C17H26Si/c1-5-16(6-2)12-10-11-15-18(3,4)17-13-8-7-9-14-17/h7-14H,5-6,15H2,1-4H3/b11-10+. The molecule has 0 N–H and O–H groups in total. The van der Waals surface area contributed by atoms with Crippen molar-refractivity contribution in [3.8, 4) is 0 Å². The Balaban J connectivity index is 2.62. The van der Waals surface area contributed by atoms with Gasteiger partial charge in [-0.25, -0.2) is 0 Å². The molecule has 0 amide bonds. The lowest BCUT2D eigenvalue weighted by Crippen LogP contribution is -2.40. The summed E-state index contributed by atoms with van der Waals surface area (Å²) in [5, 5.41) is 1.55. The van der Waals surface area contributed by atoms with Gasteiger partial charge in [-0.05, 0) is 18.9 Å². The minimum absolute atomic E-state index is 1.17. The maximum absolute atomic E-state index is 2.44. The third-order valence-electron chi connectivity index (χ3n) is 3.56. The quantitative estimate of drug-likeness (QED) is 0.502. The van der Waals surface area contributed by atoms with Crippen molar-refractivity contribution in [3.05, 3.63) is 54.1 Å². The fourth-order valence-electron chi connectivity index (χ4n) is 2.06. The summed E-state index contributed by atoms with van der Waals surface area (Å²) in [5.74, 6) is 0. The monoisotopic (exact) mass is 258 g/mol. The normalized spacial score (nSPS) is 11.8. The zero-order chi connectivity index (χ0) is 13.4. The average molecular weight is 258 g/mol. The Labute approximate surface area is 113 Å². The van der Waals surface area contributed by atoms with Crippen LogP contribution in [0.2, 0.25) is 19.1 Å². The topological polar surface area (TPSA) is 0 Å². The van der Waals surface area contributed by atoms with E-state index in [9.17, 15) is 0 Å². The first-order chi connectivity index (χ1) is 8.60. The molecule has 0 radical (unpaired) electrons. The molecule has 0 saturated carbocycles. The molecule has 0 fully saturated rings. The molecule has 0 atom stereocenters. The molecule has 0 heterocycles. The van der Waals surface area contributed by atoms with Crippen LogP contribution in [-0.2, 0) is 0 Å². The first-order valence-electron chi connectivity index (χ1n) is 7.00. The first-order valence-corrected chi connectivity index (χ1v) is 10.2. The van der Waals surface area contributed by atoms with Gasteiger partial charge < -0.3 is 0 Å². The molecule has 0 aliphatic heterocycles. The molecule has 0 aromatic heterocycles. The zero-order valence-corrected chi connectivity index (χ0v) is 13.2. The Bertz CT molecular complexity index is 393. The Kier molecular flexibility index (Phi) is 6.13. The van der Waals surface area contributed by atoms with E-state index in [-0.39, 0.29) is 0 Å². The maximum atomic E-state index is 2.44. The molecule has 18 heavy (non-hydrogen) atoms. The summed E-state index contributed by atoms with van der Waals surface area (Å²) in [5.41, 5.74) is 1.53. The number of benzene rings is 1. The molecule has 0 saturated heterocycles. The lowest BCUT2D eigenvalue weighted by molar-refractivity contribution is 0.978. The summed E-state index contributed by atoms with van der Waals surface area (Å²) in [4.78, 5) is 0. The minimum atomic E-state index is -1.29. The van der Waals surface area contributed by atoms with Crippen LogP contribution in [0.1, 0.15) is 26.7 Å². The van der Waals surface area contributed by atoms with Crippen LogP contribution < -0.4 is 5.19 Å².